The number of ether oxygens (including phenoxy) is 1. The average molecular weight is 290 g/mol. The Labute approximate surface area is 123 Å². The Balaban J connectivity index is 1.91. The zero-order valence-corrected chi connectivity index (χ0v) is 11.8. The van der Waals surface area contributed by atoms with Gasteiger partial charge >= 0.3 is 12.0 Å². The molecule has 112 valence electrons. The van der Waals surface area contributed by atoms with Crippen LogP contribution in [-0.4, -0.2) is 48.3 Å². The fourth-order valence-electron chi connectivity index (χ4n) is 2.15. The van der Waals surface area contributed by atoms with E-state index in [2.05, 4.69) is 5.32 Å². The number of carbonyl (C=O) groups excluding carboxylic acids is 1. The number of amides is 2. The Kier molecular flexibility index (Phi) is 4.94. The first-order valence-corrected chi connectivity index (χ1v) is 6.68. The molecule has 0 spiro atoms. The number of urea groups is 1. The minimum Gasteiger partial charge on any atom is -0.478 e. The van der Waals surface area contributed by atoms with E-state index in [1.54, 1.807) is 36.3 Å². The topological polar surface area (TPSA) is 78.9 Å². The van der Waals surface area contributed by atoms with Crippen LogP contribution in [0.3, 0.4) is 0 Å². The first-order valence-electron chi connectivity index (χ1n) is 6.68. The van der Waals surface area contributed by atoms with Crippen LogP contribution >= 0.6 is 0 Å². The van der Waals surface area contributed by atoms with Gasteiger partial charge in [-0.15, -0.1) is 0 Å². The number of nitrogens with zero attached hydrogens (tertiary/aromatic N) is 1. The monoisotopic (exact) mass is 290 g/mol. The molecule has 6 heteroatoms. The van der Waals surface area contributed by atoms with Gasteiger partial charge in [0.15, 0.2) is 0 Å². The van der Waals surface area contributed by atoms with E-state index in [1.807, 2.05) is 0 Å². The van der Waals surface area contributed by atoms with Crippen molar-refractivity contribution in [2.45, 2.75) is 12.5 Å². The summed E-state index contributed by atoms with van der Waals surface area (Å²) in [6, 6.07) is 6.82. The first kappa shape index (κ1) is 15.1. The van der Waals surface area contributed by atoms with Crippen LogP contribution in [0.5, 0.6) is 0 Å². The van der Waals surface area contributed by atoms with Crippen molar-refractivity contribution in [3.8, 4) is 0 Å². The highest BCUT2D eigenvalue weighted by molar-refractivity contribution is 5.90. The molecule has 0 bridgehead atoms. The van der Waals surface area contributed by atoms with Gasteiger partial charge in [0.05, 0.1) is 6.10 Å². The molecule has 2 rings (SSSR count). The molecule has 6 nitrogen and oxygen atoms in total. The van der Waals surface area contributed by atoms with E-state index in [9.17, 15) is 9.59 Å². The standard InChI is InChI=1S/C15H18N2O4/c1-21-13-8-9-17(10-13)15(20)16-12-5-2-11(3-6-12)4-7-14(18)19/h2-7,13H,8-10H2,1H3,(H,16,20)(H,18,19)/b7-4+. The van der Waals surface area contributed by atoms with Gasteiger partial charge < -0.3 is 20.1 Å². The normalized spacial score (nSPS) is 18.1. The number of hydrogen-bond donors (Lipinski definition) is 2. The van der Waals surface area contributed by atoms with Crippen LogP contribution in [-0.2, 0) is 9.53 Å². The molecule has 1 heterocycles. The Morgan fingerprint density at radius 3 is 2.67 bits per heavy atom. The molecule has 0 aliphatic carbocycles. The van der Waals surface area contributed by atoms with Crippen molar-refractivity contribution < 1.29 is 19.4 Å². The lowest BCUT2D eigenvalue weighted by Crippen LogP contribution is -2.33. The van der Waals surface area contributed by atoms with E-state index < -0.39 is 5.97 Å². The number of rotatable bonds is 4. The van der Waals surface area contributed by atoms with Gasteiger partial charge in [-0.05, 0) is 30.2 Å². The Morgan fingerprint density at radius 2 is 2.10 bits per heavy atom. The van der Waals surface area contributed by atoms with Crippen LogP contribution in [0.25, 0.3) is 6.08 Å². The van der Waals surface area contributed by atoms with Crippen molar-refractivity contribution in [2.24, 2.45) is 0 Å². The third-order valence-electron chi connectivity index (χ3n) is 3.35. The molecule has 0 radical (unpaired) electrons. The predicted molar refractivity (Wildman–Crippen MR) is 79.1 cm³/mol. The summed E-state index contributed by atoms with van der Waals surface area (Å²) in [4.78, 5) is 24.2. The predicted octanol–water partition coefficient (Wildman–Crippen LogP) is 2.04. The van der Waals surface area contributed by atoms with Gasteiger partial charge in [-0.3, -0.25) is 0 Å². The second kappa shape index (κ2) is 6.90. The quantitative estimate of drug-likeness (QED) is 0.832. The van der Waals surface area contributed by atoms with Crippen molar-refractivity contribution in [3.63, 3.8) is 0 Å². The van der Waals surface area contributed by atoms with E-state index in [0.29, 0.717) is 18.8 Å². The summed E-state index contributed by atoms with van der Waals surface area (Å²) in [5.41, 5.74) is 1.43. The highest BCUT2D eigenvalue weighted by Gasteiger charge is 2.25. The van der Waals surface area contributed by atoms with Gasteiger partial charge in [0.2, 0.25) is 0 Å². The molecule has 1 saturated heterocycles. The summed E-state index contributed by atoms with van der Waals surface area (Å²) in [5, 5.41) is 11.4. The number of anilines is 1. The fourth-order valence-corrected chi connectivity index (χ4v) is 2.15. The van der Waals surface area contributed by atoms with Gasteiger partial charge in [0.1, 0.15) is 0 Å². The molecule has 21 heavy (non-hydrogen) atoms. The Hall–Kier alpha value is -2.34. The summed E-state index contributed by atoms with van der Waals surface area (Å²) < 4.78 is 5.23. The lowest BCUT2D eigenvalue weighted by molar-refractivity contribution is -0.131. The van der Waals surface area contributed by atoms with Crippen molar-refractivity contribution in [1.29, 1.82) is 0 Å². The third-order valence-corrected chi connectivity index (χ3v) is 3.35. The second-order valence-electron chi connectivity index (χ2n) is 4.82. The minimum absolute atomic E-state index is 0.110. The molecule has 1 unspecified atom stereocenters. The number of hydrogen-bond acceptors (Lipinski definition) is 3. The van der Waals surface area contributed by atoms with E-state index >= 15 is 0 Å². The van der Waals surface area contributed by atoms with Crippen molar-refractivity contribution in [3.05, 3.63) is 35.9 Å². The molecule has 1 fully saturated rings. The number of benzene rings is 1. The summed E-state index contributed by atoms with van der Waals surface area (Å²) in [6.07, 6.45) is 3.53. The van der Waals surface area contributed by atoms with Crippen LogP contribution < -0.4 is 5.32 Å². The lowest BCUT2D eigenvalue weighted by atomic mass is 10.2. The Morgan fingerprint density at radius 1 is 1.38 bits per heavy atom. The van der Waals surface area contributed by atoms with Crippen LogP contribution in [0.2, 0.25) is 0 Å². The Bertz CT molecular complexity index is 539. The molecule has 0 aromatic heterocycles. The SMILES string of the molecule is COC1CCN(C(=O)Nc2ccc(/C=C/C(=O)O)cc2)C1. The van der Waals surface area contributed by atoms with Gasteiger partial charge in [-0.1, -0.05) is 12.1 Å². The van der Waals surface area contributed by atoms with Crippen molar-refractivity contribution in [1.82, 2.24) is 4.90 Å². The molecule has 0 saturated carbocycles. The number of aliphatic carboxylic acids is 1. The second-order valence-corrected chi connectivity index (χ2v) is 4.82. The van der Waals surface area contributed by atoms with E-state index in [-0.39, 0.29) is 12.1 Å². The van der Waals surface area contributed by atoms with Gasteiger partial charge in [-0.2, -0.15) is 0 Å². The highest BCUT2D eigenvalue weighted by Crippen LogP contribution is 2.15. The van der Waals surface area contributed by atoms with E-state index in [0.717, 1.165) is 18.1 Å². The van der Waals surface area contributed by atoms with E-state index in [4.69, 9.17) is 9.84 Å². The average Bonchev–Trinajstić information content (AvgIpc) is 2.95. The van der Waals surface area contributed by atoms with Crippen LogP contribution in [0.4, 0.5) is 10.5 Å². The summed E-state index contributed by atoms with van der Waals surface area (Å²) >= 11 is 0. The molecule has 1 aromatic carbocycles. The molecule has 2 amide bonds. The number of nitrogens with one attached hydrogen (secondary N) is 1. The molecule has 1 aliphatic rings. The van der Waals surface area contributed by atoms with Gasteiger partial charge in [-0.25, -0.2) is 9.59 Å². The maximum absolute atomic E-state index is 12.0. The van der Waals surface area contributed by atoms with Crippen LogP contribution in [0, 0.1) is 0 Å². The number of likely N-dealkylation sites (tertiary alicyclic amines) is 1. The zero-order valence-electron chi connectivity index (χ0n) is 11.8. The molecular formula is C15H18N2O4. The minimum atomic E-state index is -0.992. The molecular weight excluding hydrogens is 272 g/mol. The van der Waals surface area contributed by atoms with Gasteiger partial charge in [0.25, 0.3) is 0 Å². The van der Waals surface area contributed by atoms with Gasteiger partial charge in [0, 0.05) is 32.0 Å². The van der Waals surface area contributed by atoms with Crippen molar-refractivity contribution >= 4 is 23.8 Å². The molecule has 2 N–H and O–H groups in total. The summed E-state index contributed by atoms with van der Waals surface area (Å²) in [5.74, 6) is -0.992. The number of carbonyl (C=O) groups is 2. The lowest BCUT2D eigenvalue weighted by Gasteiger charge is -2.17. The first-order chi connectivity index (χ1) is 10.1. The molecule has 1 aliphatic heterocycles. The zero-order chi connectivity index (χ0) is 15.2. The highest BCUT2D eigenvalue weighted by atomic mass is 16.5. The molecule has 1 atom stereocenters. The third kappa shape index (κ3) is 4.32. The van der Waals surface area contributed by atoms with Crippen molar-refractivity contribution in [2.75, 3.05) is 25.5 Å². The number of carboxylic acid groups (broad SMARTS) is 1. The van der Waals surface area contributed by atoms with Crippen LogP contribution in [0.1, 0.15) is 12.0 Å². The smallest absolute Gasteiger partial charge is 0.328 e. The van der Waals surface area contributed by atoms with E-state index in [1.165, 1.54) is 6.08 Å². The maximum atomic E-state index is 12.0. The van der Waals surface area contributed by atoms with Crippen LogP contribution in [0.15, 0.2) is 30.3 Å². The summed E-state index contributed by atoms with van der Waals surface area (Å²) in [7, 11) is 1.65. The number of carboxylic acids is 1. The fraction of sp³-hybridized carbons (Fsp3) is 0.333. The summed E-state index contributed by atoms with van der Waals surface area (Å²) in [6.45, 7) is 1.28. The number of methoxy groups -OCH3 is 1. The molecule has 1 aromatic rings. The largest absolute Gasteiger partial charge is 0.478 e. The maximum Gasteiger partial charge on any atom is 0.328 e.